The van der Waals surface area contributed by atoms with Crippen molar-refractivity contribution in [1.82, 2.24) is 9.21 Å². The number of nitrogens with zero attached hydrogens (tertiary/aromatic N) is 5. The quantitative estimate of drug-likeness (QED) is 0.106. The zero-order valence-corrected chi connectivity index (χ0v) is 31.3. The van der Waals surface area contributed by atoms with Crippen molar-refractivity contribution in [2.24, 2.45) is 11.0 Å². The van der Waals surface area contributed by atoms with E-state index >= 15 is 4.39 Å². The minimum Gasteiger partial charge on any atom is -0.444 e. The first kappa shape index (κ1) is 39.8. The van der Waals surface area contributed by atoms with Gasteiger partial charge in [-0.15, -0.1) is 0 Å². The van der Waals surface area contributed by atoms with Gasteiger partial charge in [0.25, 0.3) is 0 Å². The van der Waals surface area contributed by atoms with E-state index in [1.807, 2.05) is 0 Å². The summed E-state index contributed by atoms with van der Waals surface area (Å²) in [5, 5.41) is 3.97. The topological polar surface area (TPSA) is 142 Å². The second-order valence-electron chi connectivity index (χ2n) is 14.8. The number of carbonyl (C=O) groups excluding carboxylic acids is 2. The van der Waals surface area contributed by atoms with E-state index in [0.717, 1.165) is 0 Å². The number of halogens is 2. The average molecular weight is 752 g/mol. The predicted molar refractivity (Wildman–Crippen MR) is 196 cm³/mol. The molecule has 2 aliphatic rings. The molecule has 0 saturated carbocycles. The highest BCUT2D eigenvalue weighted by Crippen LogP contribution is 2.38. The number of sulfonamides is 1. The molecule has 3 aromatic carbocycles. The minimum atomic E-state index is -4.03. The van der Waals surface area contributed by atoms with E-state index in [2.05, 4.69) is 10.0 Å². The summed E-state index contributed by atoms with van der Waals surface area (Å²) in [5.74, 6) is -2.07. The zero-order valence-electron chi connectivity index (χ0n) is 30.5. The number of azide groups is 1. The number of ketones is 1. The number of Topliss-reactive ketones (excluding diaryl/α,β-unsaturated/α-hetero) is 1. The third-order valence-corrected chi connectivity index (χ3v) is 11.9. The van der Waals surface area contributed by atoms with Crippen LogP contribution in [0.15, 0.2) is 82.8 Å². The van der Waals surface area contributed by atoms with E-state index in [1.54, 1.807) is 64.1 Å². The van der Waals surface area contributed by atoms with Gasteiger partial charge in [0.1, 0.15) is 29.1 Å². The summed E-state index contributed by atoms with van der Waals surface area (Å²) in [6.45, 7) is 8.02. The molecule has 284 valence electrons. The van der Waals surface area contributed by atoms with E-state index in [0.29, 0.717) is 37.2 Å². The fourth-order valence-electron chi connectivity index (χ4n) is 7.53. The van der Waals surface area contributed by atoms with Crippen LogP contribution >= 0.6 is 0 Å². The number of carbonyl (C=O) groups is 2. The smallest absolute Gasteiger partial charge is 0.410 e. The molecule has 3 aromatic rings. The Hall–Kier alpha value is -4.36. The normalized spacial score (nSPS) is 19.9. The molecule has 0 spiro atoms. The average Bonchev–Trinajstić information content (AvgIpc) is 3.11. The summed E-state index contributed by atoms with van der Waals surface area (Å²) in [6.07, 6.45) is 0.560. The molecule has 0 unspecified atom stereocenters. The lowest BCUT2D eigenvalue weighted by molar-refractivity contribution is -0.120. The molecule has 0 radical (unpaired) electrons. The van der Waals surface area contributed by atoms with Crippen molar-refractivity contribution in [3.63, 3.8) is 0 Å². The Labute approximate surface area is 309 Å². The first-order valence-corrected chi connectivity index (χ1v) is 19.4. The fraction of sp³-hybridized carbons (Fsp3) is 0.487. The molecule has 0 aliphatic carbocycles. The molecule has 2 saturated heterocycles. The van der Waals surface area contributed by atoms with Crippen molar-refractivity contribution in [3.05, 3.63) is 112 Å². The van der Waals surface area contributed by atoms with E-state index in [4.69, 9.17) is 9.47 Å². The van der Waals surface area contributed by atoms with Crippen LogP contribution in [0, 0.1) is 17.6 Å². The summed E-state index contributed by atoms with van der Waals surface area (Å²) in [4.78, 5) is 32.0. The van der Waals surface area contributed by atoms with Crippen molar-refractivity contribution < 1.29 is 36.3 Å². The highest BCUT2D eigenvalue weighted by Gasteiger charge is 2.43. The molecule has 0 N–H and O–H groups in total. The SMILES string of the molecule is C[C@H]1CN(C(=O)OC(C)(C)C)C[C@H](CCc2c(F)cccc2CC(=O)[C@@H](N=[N+]=[N-])[C@@H](c2ccc(F)cc2)C2CCOCC2)N1S(=O)(=O)c1ccccc1. The van der Waals surface area contributed by atoms with Crippen molar-refractivity contribution in [2.45, 2.75) is 94.3 Å². The molecule has 11 nitrogen and oxygen atoms in total. The maximum absolute atomic E-state index is 15.8. The second kappa shape index (κ2) is 17.2. The van der Waals surface area contributed by atoms with Crippen LogP contribution in [0.3, 0.4) is 0 Å². The van der Waals surface area contributed by atoms with Crippen molar-refractivity contribution in [1.29, 1.82) is 0 Å². The maximum atomic E-state index is 15.8. The van der Waals surface area contributed by atoms with Crippen molar-refractivity contribution >= 4 is 21.9 Å². The number of hydrogen-bond donors (Lipinski definition) is 0. The van der Waals surface area contributed by atoms with Gasteiger partial charge in [-0.25, -0.2) is 22.0 Å². The Morgan fingerprint density at radius 3 is 2.32 bits per heavy atom. The first-order valence-electron chi connectivity index (χ1n) is 17.9. The summed E-state index contributed by atoms with van der Waals surface area (Å²) in [7, 11) is -4.03. The summed E-state index contributed by atoms with van der Waals surface area (Å²) >= 11 is 0. The predicted octanol–water partition coefficient (Wildman–Crippen LogP) is 7.60. The van der Waals surface area contributed by atoms with Gasteiger partial charge in [-0.05, 0) is 112 Å². The van der Waals surface area contributed by atoms with Gasteiger partial charge in [0.05, 0.1) is 4.90 Å². The van der Waals surface area contributed by atoms with Gasteiger partial charge in [-0.1, -0.05) is 47.6 Å². The van der Waals surface area contributed by atoms with E-state index in [9.17, 15) is 27.9 Å². The summed E-state index contributed by atoms with van der Waals surface area (Å²) in [5.41, 5.74) is 10.1. The van der Waals surface area contributed by atoms with Gasteiger partial charge in [-0.3, -0.25) is 4.79 Å². The van der Waals surface area contributed by atoms with Gasteiger partial charge in [0, 0.05) is 55.6 Å². The number of benzene rings is 3. The maximum Gasteiger partial charge on any atom is 0.410 e. The zero-order chi connectivity index (χ0) is 38.3. The molecule has 2 aliphatic heterocycles. The number of ether oxygens (including phenoxy) is 2. The molecule has 1 amide bonds. The highest BCUT2D eigenvalue weighted by molar-refractivity contribution is 7.89. The molecule has 14 heteroatoms. The fourth-order valence-corrected chi connectivity index (χ4v) is 9.38. The minimum absolute atomic E-state index is 0.0114. The van der Waals surface area contributed by atoms with Crippen LogP contribution in [0.5, 0.6) is 0 Å². The molecule has 5 rings (SSSR count). The first-order chi connectivity index (χ1) is 25.2. The van der Waals surface area contributed by atoms with Crippen LogP contribution in [0.2, 0.25) is 0 Å². The van der Waals surface area contributed by atoms with Crippen molar-refractivity contribution in [3.8, 4) is 0 Å². The third kappa shape index (κ3) is 9.80. The van der Waals surface area contributed by atoms with Crippen LogP contribution in [0.4, 0.5) is 13.6 Å². The number of rotatable bonds is 12. The highest BCUT2D eigenvalue weighted by atomic mass is 32.2. The Bertz CT molecular complexity index is 1900. The molecular formula is C39H47F2N5O6S. The number of piperazine rings is 1. The monoisotopic (exact) mass is 751 g/mol. The van der Waals surface area contributed by atoms with Crippen molar-refractivity contribution in [2.75, 3.05) is 26.3 Å². The lowest BCUT2D eigenvalue weighted by Crippen LogP contribution is -2.61. The van der Waals surface area contributed by atoms with Gasteiger partial charge >= 0.3 is 6.09 Å². The van der Waals surface area contributed by atoms with Crippen LogP contribution in [0.25, 0.3) is 10.4 Å². The number of hydrogen-bond acceptors (Lipinski definition) is 7. The Morgan fingerprint density at radius 2 is 1.68 bits per heavy atom. The Balaban J connectivity index is 1.44. The van der Waals surface area contributed by atoms with E-state index in [-0.39, 0.29) is 48.7 Å². The summed E-state index contributed by atoms with van der Waals surface area (Å²) < 4.78 is 70.4. The van der Waals surface area contributed by atoms with Gasteiger partial charge in [-0.2, -0.15) is 4.31 Å². The standard InChI is InChI=1S/C39H47F2N5O6S/c1-26-24-45(38(48)52-39(2,3)4)25-31(46(26)53(49,50)32-10-6-5-7-11-32)17-18-33-29(9-8-12-34(33)41)23-35(47)37(43-44-42)36(28-19-21-51-22-20-28)27-13-15-30(40)16-14-27/h5-16,26,28,31,36-37H,17-25H2,1-4H3/t26-,31-,36-,37+/m0/s1. The van der Waals surface area contributed by atoms with Crippen LogP contribution in [-0.2, 0) is 37.1 Å². The Kier molecular flexibility index (Phi) is 12.9. The van der Waals surface area contributed by atoms with Gasteiger partial charge in [0.15, 0.2) is 0 Å². The molecule has 0 bridgehead atoms. The molecule has 53 heavy (non-hydrogen) atoms. The Morgan fingerprint density at radius 1 is 1.00 bits per heavy atom. The lowest BCUT2D eigenvalue weighted by atomic mass is 9.75. The third-order valence-electron chi connectivity index (χ3n) is 9.86. The van der Waals surface area contributed by atoms with Gasteiger partial charge < -0.3 is 14.4 Å². The second-order valence-corrected chi connectivity index (χ2v) is 16.6. The molecule has 4 atom stereocenters. The van der Waals surface area contributed by atoms with Gasteiger partial charge in [0.2, 0.25) is 10.0 Å². The van der Waals surface area contributed by atoms with Crippen LogP contribution < -0.4 is 0 Å². The largest absolute Gasteiger partial charge is 0.444 e. The molecule has 2 fully saturated rings. The molecule has 0 aromatic heterocycles. The van der Waals surface area contributed by atoms with E-state index < -0.39 is 63.2 Å². The molecule has 2 heterocycles. The van der Waals surface area contributed by atoms with Crippen LogP contribution in [0.1, 0.15) is 69.6 Å². The summed E-state index contributed by atoms with van der Waals surface area (Å²) in [6, 6.07) is 15.7. The van der Waals surface area contributed by atoms with E-state index in [1.165, 1.54) is 45.6 Å². The lowest BCUT2D eigenvalue weighted by Gasteiger charge is -2.44. The number of amides is 1. The molecular weight excluding hydrogens is 705 g/mol. The van der Waals surface area contributed by atoms with Crippen LogP contribution in [-0.4, -0.2) is 79.5 Å².